The second-order valence-corrected chi connectivity index (χ2v) is 6.48. The van der Waals surface area contributed by atoms with E-state index in [-0.39, 0.29) is 17.1 Å². The minimum atomic E-state index is -4.71. The highest BCUT2D eigenvalue weighted by Gasteiger charge is 2.44. The molecule has 0 saturated carbocycles. The number of aliphatic hydroxyl groups excluding tert-OH is 1. The van der Waals surface area contributed by atoms with Crippen LogP contribution in [0.2, 0.25) is 0 Å². The molecule has 0 spiro atoms. The Balaban J connectivity index is 1.69. The maximum atomic E-state index is 13.8. The van der Waals surface area contributed by atoms with Crippen LogP contribution in [0.3, 0.4) is 0 Å². The summed E-state index contributed by atoms with van der Waals surface area (Å²) in [5.41, 5.74) is 2.76. The summed E-state index contributed by atoms with van der Waals surface area (Å²) in [7, 11) is 0. The minimum absolute atomic E-state index is 0.248. The van der Waals surface area contributed by atoms with Crippen molar-refractivity contribution in [2.24, 2.45) is 4.99 Å². The highest BCUT2D eigenvalue weighted by molar-refractivity contribution is 5.98. The number of nitrogens with one attached hydrogen (secondary N) is 1. The summed E-state index contributed by atoms with van der Waals surface area (Å²) in [6.07, 6.45) is -6.68. The van der Waals surface area contributed by atoms with Crippen LogP contribution < -0.4 is 5.48 Å². The van der Waals surface area contributed by atoms with Gasteiger partial charge in [0.25, 0.3) is 0 Å². The number of hydrogen-bond donors (Lipinski definition) is 2. The minimum Gasteiger partial charge on any atom is -0.389 e. The van der Waals surface area contributed by atoms with Gasteiger partial charge in [0.2, 0.25) is 12.0 Å². The lowest BCUT2D eigenvalue weighted by atomic mass is 10.1. The van der Waals surface area contributed by atoms with Crippen LogP contribution >= 0.6 is 0 Å². The monoisotopic (exact) mass is 403 g/mol. The van der Waals surface area contributed by atoms with Crippen molar-refractivity contribution in [1.29, 1.82) is 0 Å². The third-order valence-electron chi connectivity index (χ3n) is 4.45. The van der Waals surface area contributed by atoms with Crippen LogP contribution in [0, 0.1) is 0 Å². The van der Waals surface area contributed by atoms with Crippen molar-refractivity contribution in [3.8, 4) is 11.3 Å². The molecule has 0 radical (unpaired) electrons. The van der Waals surface area contributed by atoms with Crippen molar-refractivity contribution in [2.75, 3.05) is 0 Å². The Bertz CT molecular complexity index is 1030. The van der Waals surface area contributed by atoms with Crippen molar-refractivity contribution in [3.05, 3.63) is 77.0 Å². The Labute approximate surface area is 163 Å². The summed E-state index contributed by atoms with van der Waals surface area (Å²) in [6, 6.07) is 14.7. The third kappa shape index (κ3) is 3.74. The topological polar surface area (TPSA) is 79.9 Å². The van der Waals surface area contributed by atoms with E-state index in [0.717, 1.165) is 0 Å². The van der Waals surface area contributed by atoms with Gasteiger partial charge in [0.05, 0.1) is 6.10 Å². The van der Waals surface area contributed by atoms with E-state index >= 15 is 0 Å². The number of rotatable bonds is 4. The molecule has 3 aromatic rings. The first-order valence-corrected chi connectivity index (χ1v) is 8.74. The number of benzene rings is 2. The molecule has 0 aliphatic carbocycles. The predicted octanol–water partition coefficient (Wildman–Crippen LogP) is 4.39. The van der Waals surface area contributed by atoms with Crippen LogP contribution in [0.25, 0.3) is 11.3 Å². The molecule has 0 bridgehead atoms. The summed E-state index contributed by atoms with van der Waals surface area (Å²) in [5.74, 6) is -0.280. The number of aliphatic imine (C=N–C) groups is 1. The molecule has 2 N–H and O–H groups in total. The van der Waals surface area contributed by atoms with Gasteiger partial charge in [-0.15, -0.1) is 0 Å². The Hall–Kier alpha value is -3.17. The maximum absolute atomic E-state index is 13.8. The highest BCUT2D eigenvalue weighted by atomic mass is 19.4. The highest BCUT2D eigenvalue weighted by Crippen LogP contribution is 2.42. The molecule has 150 valence electrons. The fraction of sp³-hybridized carbons (Fsp3) is 0.200. The quantitative estimate of drug-likeness (QED) is 0.675. The molecule has 9 heteroatoms. The molecule has 1 aliphatic heterocycles. The van der Waals surface area contributed by atoms with Gasteiger partial charge in [-0.25, -0.2) is 15.3 Å². The Morgan fingerprint density at radius 1 is 1.03 bits per heavy atom. The molecular formula is C20H16F3N3O3. The molecule has 1 aliphatic rings. The number of nitrogens with zero attached hydrogens (tertiary/aromatic N) is 2. The van der Waals surface area contributed by atoms with Gasteiger partial charge in [0, 0.05) is 11.1 Å². The van der Waals surface area contributed by atoms with Crippen molar-refractivity contribution in [1.82, 2.24) is 10.6 Å². The lowest BCUT2D eigenvalue weighted by Gasteiger charge is -2.09. The normalized spacial score (nSPS) is 17.7. The molecule has 0 amide bonds. The fourth-order valence-corrected chi connectivity index (χ4v) is 2.99. The molecule has 2 aromatic carbocycles. The van der Waals surface area contributed by atoms with E-state index in [1.54, 1.807) is 49.4 Å². The lowest BCUT2D eigenvalue weighted by Crippen LogP contribution is -2.18. The molecule has 0 saturated heterocycles. The van der Waals surface area contributed by atoms with Gasteiger partial charge in [-0.1, -0.05) is 59.8 Å². The molecule has 29 heavy (non-hydrogen) atoms. The lowest BCUT2D eigenvalue weighted by molar-refractivity contribution is -0.140. The summed E-state index contributed by atoms with van der Waals surface area (Å²) in [5, 5.41) is 13.2. The zero-order valence-electron chi connectivity index (χ0n) is 15.1. The van der Waals surface area contributed by atoms with Crippen molar-refractivity contribution >= 4 is 5.84 Å². The first kappa shape index (κ1) is 19.2. The fourth-order valence-electron chi connectivity index (χ4n) is 2.99. The van der Waals surface area contributed by atoms with Gasteiger partial charge in [-0.2, -0.15) is 13.2 Å². The van der Waals surface area contributed by atoms with Gasteiger partial charge in [0.15, 0.2) is 5.84 Å². The molecular weight excluding hydrogens is 387 g/mol. The molecule has 6 nitrogen and oxygen atoms in total. The number of aliphatic hydroxyl groups is 1. The first-order chi connectivity index (χ1) is 13.8. The molecule has 2 unspecified atom stereocenters. The van der Waals surface area contributed by atoms with Crippen LogP contribution in [0.5, 0.6) is 0 Å². The zero-order valence-corrected chi connectivity index (χ0v) is 15.1. The van der Waals surface area contributed by atoms with Crippen LogP contribution in [-0.4, -0.2) is 16.1 Å². The Kier molecular flexibility index (Phi) is 4.85. The van der Waals surface area contributed by atoms with Crippen LogP contribution in [0.1, 0.15) is 41.7 Å². The second-order valence-electron chi connectivity index (χ2n) is 6.48. The molecule has 0 fully saturated rings. The Morgan fingerprint density at radius 3 is 2.34 bits per heavy atom. The van der Waals surface area contributed by atoms with Crippen LogP contribution in [0.4, 0.5) is 13.2 Å². The summed E-state index contributed by atoms with van der Waals surface area (Å²) in [6.45, 7) is 1.63. The number of halogens is 3. The maximum Gasteiger partial charge on any atom is 0.422 e. The summed E-state index contributed by atoms with van der Waals surface area (Å²) >= 11 is 0. The van der Waals surface area contributed by atoms with Gasteiger partial charge in [-0.3, -0.25) is 0 Å². The van der Waals surface area contributed by atoms with E-state index in [4.69, 9.17) is 9.36 Å². The Morgan fingerprint density at radius 2 is 1.72 bits per heavy atom. The SMILES string of the molecule is CC(O)c1ccc(C2=NC(c3onc(-c4ccccc4)c3C(F)(F)F)ON2)cc1. The number of amidine groups is 1. The number of hydroxylamine groups is 1. The number of hydrogen-bond acceptors (Lipinski definition) is 6. The predicted molar refractivity (Wildman–Crippen MR) is 97.5 cm³/mol. The van der Waals surface area contributed by atoms with E-state index in [9.17, 15) is 18.3 Å². The second kappa shape index (κ2) is 7.34. The van der Waals surface area contributed by atoms with E-state index in [0.29, 0.717) is 11.1 Å². The van der Waals surface area contributed by atoms with Crippen molar-refractivity contribution < 1.29 is 27.6 Å². The van der Waals surface area contributed by atoms with Gasteiger partial charge >= 0.3 is 6.18 Å². The molecule has 1 aromatic heterocycles. The van der Waals surface area contributed by atoms with Crippen molar-refractivity contribution in [2.45, 2.75) is 25.4 Å². The number of alkyl halides is 3. The zero-order chi connectivity index (χ0) is 20.6. The smallest absolute Gasteiger partial charge is 0.389 e. The van der Waals surface area contributed by atoms with E-state index in [2.05, 4.69) is 15.6 Å². The largest absolute Gasteiger partial charge is 0.422 e. The van der Waals surface area contributed by atoms with E-state index < -0.39 is 29.8 Å². The molecule has 4 rings (SSSR count). The average molecular weight is 403 g/mol. The average Bonchev–Trinajstić information content (AvgIpc) is 3.35. The van der Waals surface area contributed by atoms with Crippen molar-refractivity contribution in [3.63, 3.8) is 0 Å². The van der Waals surface area contributed by atoms with E-state index in [1.807, 2.05) is 0 Å². The molecule has 2 atom stereocenters. The van der Waals surface area contributed by atoms with E-state index in [1.165, 1.54) is 12.1 Å². The van der Waals surface area contributed by atoms with Crippen LogP contribution in [0.15, 0.2) is 64.1 Å². The first-order valence-electron chi connectivity index (χ1n) is 8.74. The summed E-state index contributed by atoms with van der Waals surface area (Å²) < 4.78 is 46.3. The van der Waals surface area contributed by atoms with Crippen LogP contribution in [-0.2, 0) is 11.0 Å². The molecule has 2 heterocycles. The standard InChI is InChI=1S/C20H16F3N3O3/c1-11(27)12-7-9-14(10-8-12)18-24-19(29-26-18)17-15(20(21,22)23)16(25-28-17)13-5-3-2-4-6-13/h2-11,19,27H,1H3,(H,24,26). The van der Waals surface area contributed by atoms with Gasteiger partial charge < -0.3 is 9.63 Å². The van der Waals surface area contributed by atoms with Gasteiger partial charge in [0.1, 0.15) is 11.3 Å². The van der Waals surface area contributed by atoms with Gasteiger partial charge in [-0.05, 0) is 12.5 Å². The summed E-state index contributed by atoms with van der Waals surface area (Å²) in [4.78, 5) is 9.40. The third-order valence-corrected chi connectivity index (χ3v) is 4.45. The number of aromatic nitrogens is 1.